The van der Waals surface area contributed by atoms with Crippen LogP contribution < -0.4 is 18.9 Å². The summed E-state index contributed by atoms with van der Waals surface area (Å²) < 4.78 is 23.9. The molecule has 0 saturated heterocycles. The van der Waals surface area contributed by atoms with E-state index < -0.39 is 0 Å². The molecule has 6 aliphatic heterocycles. The predicted molar refractivity (Wildman–Crippen MR) is 183 cm³/mol. The number of likely N-dealkylation sites (N-methyl/N-ethyl adjacent to an activating group) is 1. The second-order valence-corrected chi connectivity index (χ2v) is 11.7. The van der Waals surface area contributed by atoms with Crippen molar-refractivity contribution in [3.8, 4) is 40.2 Å². The minimum atomic E-state index is -0.0139. The van der Waals surface area contributed by atoms with Crippen LogP contribution in [0.1, 0.15) is 45.0 Å². The number of rotatable bonds is 2. The maximum absolute atomic E-state index is 11.5. The second-order valence-electron chi connectivity index (χ2n) is 11.7. The standard InChI is InChI=1S/C36H36N2O6.2ClH/c1-38-15-13-25-18-29(41-2)33(39)36-32(25)28(38)17-22-4-6-23(7-5-22)20-43-35-30(42-3)19-24-12-14-37-27(31(24)34(35)40)16-21-8-10-26(44-36)11-9-21;;/h4-11,18-19,28,39-40H,12-17,20H2,1-3H3;2*1H. The molecular formula is C36H38Cl2N2O6. The van der Waals surface area contributed by atoms with Gasteiger partial charge in [-0.15, -0.1) is 24.8 Å². The van der Waals surface area contributed by atoms with Gasteiger partial charge >= 0.3 is 0 Å². The van der Waals surface area contributed by atoms with E-state index in [1.54, 1.807) is 14.2 Å². The lowest BCUT2D eigenvalue weighted by Crippen LogP contribution is -2.33. The van der Waals surface area contributed by atoms with Crippen molar-refractivity contribution in [2.24, 2.45) is 4.99 Å². The number of halogens is 2. The van der Waals surface area contributed by atoms with Gasteiger partial charge < -0.3 is 29.2 Å². The van der Waals surface area contributed by atoms with Crippen LogP contribution in [0.5, 0.6) is 40.2 Å². The largest absolute Gasteiger partial charge is 0.504 e. The number of hydrogen-bond acceptors (Lipinski definition) is 8. The summed E-state index contributed by atoms with van der Waals surface area (Å²) in [5.74, 6) is 2.34. The lowest BCUT2D eigenvalue weighted by Gasteiger charge is -2.36. The molecule has 8 nitrogen and oxygen atoms in total. The van der Waals surface area contributed by atoms with Gasteiger partial charge in [0, 0.05) is 36.7 Å². The molecule has 2 N–H and O–H groups in total. The van der Waals surface area contributed by atoms with Crippen LogP contribution in [0.3, 0.4) is 0 Å². The molecule has 10 rings (SSSR count). The van der Waals surface area contributed by atoms with Gasteiger partial charge in [-0.2, -0.15) is 0 Å². The summed E-state index contributed by atoms with van der Waals surface area (Å²) in [6.45, 7) is 1.78. The SMILES string of the molecule is COc1cc2c3c(c1O)Oc1ccc(cc1)CC1=NCCc4cc(OC)c(c(O)c41)OCc1ccc(cc1)CC3N(C)CC2.Cl.Cl. The lowest BCUT2D eigenvalue weighted by atomic mass is 9.87. The van der Waals surface area contributed by atoms with Crippen molar-refractivity contribution < 1.29 is 29.2 Å². The molecule has 0 fully saturated rings. The van der Waals surface area contributed by atoms with Crippen molar-refractivity contribution in [2.45, 2.75) is 38.3 Å². The Morgan fingerprint density at radius 1 is 0.804 bits per heavy atom. The number of benzene rings is 4. The van der Waals surface area contributed by atoms with E-state index in [1.807, 2.05) is 36.4 Å². The van der Waals surface area contributed by atoms with Crippen molar-refractivity contribution in [3.63, 3.8) is 0 Å². The first-order valence-corrected chi connectivity index (χ1v) is 15.0. The van der Waals surface area contributed by atoms with Crippen molar-refractivity contribution in [1.82, 2.24) is 4.90 Å². The molecular weight excluding hydrogens is 627 g/mol. The fraction of sp³-hybridized carbons (Fsp3) is 0.306. The summed E-state index contributed by atoms with van der Waals surface area (Å²) in [5, 5.41) is 22.8. The molecule has 4 aromatic rings. The molecule has 242 valence electrons. The van der Waals surface area contributed by atoms with Gasteiger partial charge in [-0.05, 0) is 78.4 Å². The first-order valence-electron chi connectivity index (χ1n) is 15.0. The number of phenols is 2. The van der Waals surface area contributed by atoms with Crippen molar-refractivity contribution in [1.29, 1.82) is 0 Å². The first kappa shape index (κ1) is 33.3. The highest BCUT2D eigenvalue weighted by Gasteiger charge is 2.33. The molecule has 0 saturated carbocycles. The minimum Gasteiger partial charge on any atom is -0.504 e. The molecule has 4 aromatic carbocycles. The maximum atomic E-state index is 11.5. The zero-order chi connectivity index (χ0) is 30.4. The highest BCUT2D eigenvalue weighted by Crippen LogP contribution is 2.49. The van der Waals surface area contributed by atoms with Gasteiger partial charge in [-0.3, -0.25) is 9.89 Å². The van der Waals surface area contributed by atoms with Crippen LogP contribution in [-0.4, -0.2) is 55.2 Å². The number of aliphatic imine (C=N–C) groups is 1. The fourth-order valence-corrected chi connectivity index (χ4v) is 6.61. The van der Waals surface area contributed by atoms with Crippen molar-refractivity contribution >= 4 is 30.5 Å². The van der Waals surface area contributed by atoms with Crippen LogP contribution >= 0.6 is 24.8 Å². The molecule has 46 heavy (non-hydrogen) atoms. The van der Waals surface area contributed by atoms with E-state index >= 15 is 0 Å². The Morgan fingerprint density at radius 2 is 1.48 bits per heavy atom. The Kier molecular flexibility index (Phi) is 9.91. The fourth-order valence-electron chi connectivity index (χ4n) is 6.61. The maximum Gasteiger partial charge on any atom is 0.204 e. The molecule has 0 aromatic heterocycles. The number of nitrogens with zero attached hydrogens (tertiary/aromatic N) is 2. The van der Waals surface area contributed by atoms with E-state index in [0.717, 1.165) is 58.5 Å². The second kappa shape index (κ2) is 13.7. The summed E-state index contributed by atoms with van der Waals surface area (Å²) in [6, 6.07) is 20.0. The van der Waals surface area contributed by atoms with Crippen molar-refractivity contribution in [2.75, 3.05) is 34.4 Å². The van der Waals surface area contributed by atoms with Gasteiger partial charge in [0.05, 0.1) is 19.9 Å². The van der Waals surface area contributed by atoms with E-state index in [9.17, 15) is 10.2 Å². The molecule has 6 aliphatic rings. The first-order chi connectivity index (χ1) is 21.4. The average molecular weight is 666 g/mol. The van der Waals surface area contributed by atoms with Gasteiger partial charge in [0.1, 0.15) is 12.4 Å². The van der Waals surface area contributed by atoms with E-state index in [2.05, 4.69) is 36.2 Å². The highest BCUT2D eigenvalue weighted by molar-refractivity contribution is 6.07. The van der Waals surface area contributed by atoms with Gasteiger partial charge in [0.15, 0.2) is 23.0 Å². The Bertz CT molecular complexity index is 1760. The third kappa shape index (κ3) is 6.05. The molecule has 6 heterocycles. The average Bonchev–Trinajstić information content (AvgIpc) is 3.04. The van der Waals surface area contributed by atoms with Crippen molar-refractivity contribution in [3.05, 3.63) is 99.6 Å². The summed E-state index contributed by atoms with van der Waals surface area (Å²) in [6.07, 6.45) is 2.79. The van der Waals surface area contributed by atoms with Crippen LogP contribution in [0, 0.1) is 0 Å². The molecule has 0 aliphatic carbocycles. The molecule has 0 amide bonds. The van der Waals surface area contributed by atoms with E-state index in [-0.39, 0.29) is 49.0 Å². The van der Waals surface area contributed by atoms with E-state index in [0.29, 0.717) is 53.7 Å². The third-order valence-corrected chi connectivity index (χ3v) is 9.01. The van der Waals surface area contributed by atoms with Gasteiger partial charge in [0.2, 0.25) is 11.5 Å². The molecule has 1 unspecified atom stereocenters. The van der Waals surface area contributed by atoms with Crippen LogP contribution in [-0.2, 0) is 32.3 Å². The Labute approximate surface area is 281 Å². The normalized spacial score (nSPS) is 16.8. The molecule has 0 radical (unpaired) electrons. The molecule has 1 atom stereocenters. The van der Waals surface area contributed by atoms with E-state index in [4.69, 9.17) is 23.9 Å². The van der Waals surface area contributed by atoms with Gasteiger partial charge in [-0.25, -0.2) is 0 Å². The number of hydrogen-bond donors (Lipinski definition) is 2. The van der Waals surface area contributed by atoms with Crippen LogP contribution in [0.4, 0.5) is 0 Å². The number of phenolic OH excluding ortho intramolecular Hbond substituents is 2. The van der Waals surface area contributed by atoms with Gasteiger partial charge in [0.25, 0.3) is 0 Å². The monoisotopic (exact) mass is 664 g/mol. The predicted octanol–water partition coefficient (Wildman–Crippen LogP) is 7.00. The smallest absolute Gasteiger partial charge is 0.204 e. The van der Waals surface area contributed by atoms with E-state index in [1.165, 1.54) is 0 Å². The van der Waals surface area contributed by atoms with Crippen LogP contribution in [0.2, 0.25) is 0 Å². The molecule has 0 spiro atoms. The minimum absolute atomic E-state index is 0. The zero-order valence-corrected chi connectivity index (χ0v) is 27.7. The molecule has 10 heteroatoms. The van der Waals surface area contributed by atoms with Crippen LogP contribution in [0.25, 0.3) is 0 Å². The summed E-state index contributed by atoms with van der Waals surface area (Å²) in [4.78, 5) is 7.12. The Hall–Kier alpha value is -4.11. The number of aromatic hydroxyl groups is 2. The quantitative estimate of drug-likeness (QED) is 0.238. The lowest BCUT2D eigenvalue weighted by molar-refractivity contribution is 0.222. The zero-order valence-electron chi connectivity index (χ0n) is 26.0. The summed E-state index contributed by atoms with van der Waals surface area (Å²) in [7, 11) is 5.27. The van der Waals surface area contributed by atoms with Crippen LogP contribution in [0.15, 0.2) is 65.7 Å². The Morgan fingerprint density at radius 3 is 2.20 bits per heavy atom. The summed E-state index contributed by atoms with van der Waals surface area (Å²) >= 11 is 0. The topological polar surface area (TPSA) is 93.0 Å². The molecule has 6 bridgehead atoms. The Balaban J connectivity index is 0.00000208. The number of ether oxygens (including phenoxy) is 4. The highest BCUT2D eigenvalue weighted by atomic mass is 35.5. The van der Waals surface area contributed by atoms with Gasteiger partial charge in [-0.1, -0.05) is 36.4 Å². The number of methoxy groups -OCH3 is 2. The third-order valence-electron chi connectivity index (χ3n) is 9.01. The summed E-state index contributed by atoms with van der Waals surface area (Å²) in [5.41, 5.74) is 7.73.